The zero-order valence-electron chi connectivity index (χ0n) is 15.3. The van der Waals surface area contributed by atoms with Crippen molar-refractivity contribution in [3.8, 4) is 22.5 Å². The highest BCUT2D eigenvalue weighted by molar-refractivity contribution is 5.98. The summed E-state index contributed by atoms with van der Waals surface area (Å²) in [4.78, 5) is 22.1. The molecule has 0 unspecified atom stereocenters. The molecule has 0 atom stereocenters. The fourth-order valence-corrected chi connectivity index (χ4v) is 3.91. The van der Waals surface area contributed by atoms with Crippen LogP contribution in [0.25, 0.3) is 33.5 Å². The Kier molecular flexibility index (Phi) is 3.41. The average Bonchev–Trinajstić information content (AvgIpc) is 3.27. The monoisotopic (exact) mass is 353 g/mol. The first-order valence-corrected chi connectivity index (χ1v) is 9.04. The number of hydrogen-bond donors (Lipinski definition) is 1. The van der Waals surface area contributed by atoms with Crippen molar-refractivity contribution in [2.45, 2.75) is 6.42 Å². The Labute approximate surface area is 157 Å². The third-order valence-corrected chi connectivity index (χ3v) is 5.21. The fourth-order valence-electron chi connectivity index (χ4n) is 3.91. The predicted octanol–water partition coefficient (Wildman–Crippen LogP) is 4.50. The normalized spacial score (nSPS) is 12.1. The average molecular weight is 353 g/mol. The number of fused-ring (bicyclic) bond motifs is 4. The Bertz CT molecular complexity index is 1200. The maximum Gasteiger partial charge on any atom is 0.253 e. The first kappa shape index (κ1) is 15.8. The molecule has 4 heteroatoms. The molecule has 0 fully saturated rings. The first-order chi connectivity index (χ1) is 13.1. The second kappa shape index (κ2) is 5.81. The summed E-state index contributed by atoms with van der Waals surface area (Å²) < 4.78 is 0. The van der Waals surface area contributed by atoms with Gasteiger partial charge < -0.3 is 9.88 Å². The van der Waals surface area contributed by atoms with Gasteiger partial charge in [-0.05, 0) is 46.9 Å². The first-order valence-electron chi connectivity index (χ1n) is 9.04. The number of carbonyl (C=O) groups is 1. The lowest BCUT2D eigenvalue weighted by Gasteiger charge is -2.09. The topological polar surface area (TPSA) is 49.0 Å². The van der Waals surface area contributed by atoms with E-state index in [0.29, 0.717) is 5.56 Å². The van der Waals surface area contributed by atoms with Crippen LogP contribution in [0.5, 0.6) is 0 Å². The Hall–Kier alpha value is -3.40. The van der Waals surface area contributed by atoms with Crippen molar-refractivity contribution in [3.05, 3.63) is 77.4 Å². The number of aromatic amines is 1. The molecule has 0 saturated heterocycles. The molecule has 1 aliphatic carbocycles. The standard InChI is InChI=1S/C23H19N3O/c1-26(2)23(27)16-10-11-19-20(13-16)25-22(24-19)18-9-5-7-15-12-14-6-3-4-8-17(14)21(15)18/h3-11,13H,12H2,1-2H3,(H,24,25). The lowest BCUT2D eigenvalue weighted by Crippen LogP contribution is -2.21. The van der Waals surface area contributed by atoms with Crippen LogP contribution in [-0.4, -0.2) is 34.9 Å². The van der Waals surface area contributed by atoms with Crippen LogP contribution in [0.4, 0.5) is 0 Å². The molecule has 0 aliphatic heterocycles. The SMILES string of the molecule is CN(C)C(=O)c1ccc2nc(-c3cccc4c3-c3ccccc3C4)[nH]c2c1. The van der Waals surface area contributed by atoms with Gasteiger partial charge in [-0.3, -0.25) is 4.79 Å². The minimum atomic E-state index is -0.0115. The molecule has 1 aromatic heterocycles. The molecule has 5 rings (SSSR count). The molecule has 132 valence electrons. The summed E-state index contributed by atoms with van der Waals surface area (Å²) >= 11 is 0. The Morgan fingerprint density at radius 3 is 2.59 bits per heavy atom. The quantitative estimate of drug-likeness (QED) is 0.508. The van der Waals surface area contributed by atoms with E-state index in [1.54, 1.807) is 19.0 Å². The molecule has 3 aromatic carbocycles. The van der Waals surface area contributed by atoms with Gasteiger partial charge in [-0.15, -0.1) is 0 Å². The van der Waals surface area contributed by atoms with Crippen molar-refractivity contribution in [1.82, 2.24) is 14.9 Å². The molecular formula is C23H19N3O. The fraction of sp³-hybridized carbons (Fsp3) is 0.130. The van der Waals surface area contributed by atoms with Crippen LogP contribution in [0.2, 0.25) is 0 Å². The number of rotatable bonds is 2. The third-order valence-electron chi connectivity index (χ3n) is 5.21. The molecule has 0 saturated carbocycles. The van der Waals surface area contributed by atoms with E-state index in [-0.39, 0.29) is 5.91 Å². The second-order valence-corrected chi connectivity index (χ2v) is 7.19. The maximum absolute atomic E-state index is 12.2. The number of benzene rings is 3. The summed E-state index contributed by atoms with van der Waals surface area (Å²) in [5.74, 6) is 0.829. The van der Waals surface area contributed by atoms with Crippen molar-refractivity contribution in [2.75, 3.05) is 14.1 Å². The zero-order valence-corrected chi connectivity index (χ0v) is 15.3. The van der Waals surface area contributed by atoms with Gasteiger partial charge >= 0.3 is 0 Å². The Balaban J connectivity index is 1.66. The minimum Gasteiger partial charge on any atom is -0.345 e. The van der Waals surface area contributed by atoms with Crippen LogP contribution in [-0.2, 0) is 6.42 Å². The van der Waals surface area contributed by atoms with Crippen LogP contribution in [0.3, 0.4) is 0 Å². The molecule has 27 heavy (non-hydrogen) atoms. The van der Waals surface area contributed by atoms with Crippen LogP contribution < -0.4 is 0 Å². The van der Waals surface area contributed by atoms with E-state index in [2.05, 4.69) is 47.4 Å². The Morgan fingerprint density at radius 1 is 0.963 bits per heavy atom. The third kappa shape index (κ3) is 2.45. The van der Waals surface area contributed by atoms with Gasteiger partial charge in [0.05, 0.1) is 11.0 Å². The number of H-pyrrole nitrogens is 1. The van der Waals surface area contributed by atoms with E-state index >= 15 is 0 Å². The summed E-state index contributed by atoms with van der Waals surface area (Å²) in [5, 5.41) is 0. The predicted molar refractivity (Wildman–Crippen MR) is 108 cm³/mol. The molecule has 4 nitrogen and oxygen atoms in total. The molecule has 1 aliphatic rings. The molecule has 0 bridgehead atoms. The van der Waals surface area contributed by atoms with Gasteiger partial charge in [-0.2, -0.15) is 0 Å². The van der Waals surface area contributed by atoms with Gasteiger partial charge in [0.1, 0.15) is 5.82 Å². The van der Waals surface area contributed by atoms with Crippen molar-refractivity contribution in [2.24, 2.45) is 0 Å². The van der Waals surface area contributed by atoms with Crippen LogP contribution in [0.1, 0.15) is 21.5 Å². The Morgan fingerprint density at radius 2 is 1.74 bits per heavy atom. The zero-order chi connectivity index (χ0) is 18.5. The highest BCUT2D eigenvalue weighted by atomic mass is 16.2. The number of aromatic nitrogens is 2. The number of nitrogens with one attached hydrogen (secondary N) is 1. The van der Waals surface area contributed by atoms with E-state index in [0.717, 1.165) is 28.8 Å². The van der Waals surface area contributed by atoms with Crippen LogP contribution in [0.15, 0.2) is 60.7 Å². The summed E-state index contributed by atoms with van der Waals surface area (Å²) in [6, 6.07) is 20.6. The lowest BCUT2D eigenvalue weighted by atomic mass is 9.99. The largest absolute Gasteiger partial charge is 0.345 e. The van der Waals surface area contributed by atoms with Crippen molar-refractivity contribution in [3.63, 3.8) is 0 Å². The summed E-state index contributed by atoms with van der Waals surface area (Å²) in [7, 11) is 3.52. The van der Waals surface area contributed by atoms with E-state index in [9.17, 15) is 4.79 Å². The smallest absolute Gasteiger partial charge is 0.253 e. The molecule has 0 radical (unpaired) electrons. The molecule has 1 amide bonds. The summed E-state index contributed by atoms with van der Waals surface area (Å²) in [5.41, 5.74) is 8.74. The number of carbonyl (C=O) groups excluding carboxylic acids is 1. The maximum atomic E-state index is 12.2. The molecular weight excluding hydrogens is 334 g/mol. The van der Waals surface area contributed by atoms with E-state index < -0.39 is 0 Å². The molecule has 1 heterocycles. The number of hydrogen-bond acceptors (Lipinski definition) is 2. The number of amides is 1. The second-order valence-electron chi connectivity index (χ2n) is 7.19. The summed E-state index contributed by atoms with van der Waals surface area (Å²) in [6.07, 6.45) is 0.959. The minimum absolute atomic E-state index is 0.0115. The van der Waals surface area contributed by atoms with E-state index in [1.165, 1.54) is 22.3 Å². The van der Waals surface area contributed by atoms with Crippen molar-refractivity contribution in [1.29, 1.82) is 0 Å². The van der Waals surface area contributed by atoms with Gasteiger partial charge in [0.2, 0.25) is 0 Å². The van der Waals surface area contributed by atoms with Gasteiger partial charge in [0, 0.05) is 25.2 Å². The molecule has 0 spiro atoms. The van der Waals surface area contributed by atoms with Gasteiger partial charge in [0.25, 0.3) is 5.91 Å². The van der Waals surface area contributed by atoms with Gasteiger partial charge in [-0.1, -0.05) is 42.5 Å². The molecule has 1 N–H and O–H groups in total. The highest BCUT2D eigenvalue weighted by Gasteiger charge is 2.22. The molecule has 4 aromatic rings. The summed E-state index contributed by atoms with van der Waals surface area (Å²) in [6.45, 7) is 0. The van der Waals surface area contributed by atoms with Crippen molar-refractivity contribution >= 4 is 16.9 Å². The van der Waals surface area contributed by atoms with Gasteiger partial charge in [-0.25, -0.2) is 4.98 Å². The number of imidazole rings is 1. The van der Waals surface area contributed by atoms with Crippen LogP contribution >= 0.6 is 0 Å². The lowest BCUT2D eigenvalue weighted by molar-refractivity contribution is 0.0828. The van der Waals surface area contributed by atoms with E-state index in [4.69, 9.17) is 4.98 Å². The number of nitrogens with zero attached hydrogens (tertiary/aromatic N) is 2. The van der Waals surface area contributed by atoms with E-state index in [1.807, 2.05) is 18.2 Å². The highest BCUT2D eigenvalue weighted by Crippen LogP contribution is 2.42. The van der Waals surface area contributed by atoms with Gasteiger partial charge in [0.15, 0.2) is 0 Å². The van der Waals surface area contributed by atoms with Crippen LogP contribution in [0, 0.1) is 0 Å². The van der Waals surface area contributed by atoms with Crippen molar-refractivity contribution < 1.29 is 4.79 Å².